The monoisotopic (exact) mass is 220 g/mol. The van der Waals surface area contributed by atoms with Crippen molar-refractivity contribution in [1.29, 1.82) is 0 Å². The van der Waals surface area contributed by atoms with Crippen molar-refractivity contribution < 1.29 is 9.59 Å². The number of hydrogen-bond donors (Lipinski definition) is 1. The Morgan fingerprint density at radius 1 is 1.19 bits per heavy atom. The maximum atomic E-state index is 11.7. The van der Waals surface area contributed by atoms with Gasteiger partial charge in [0, 0.05) is 7.05 Å². The molecule has 16 heavy (non-hydrogen) atoms. The van der Waals surface area contributed by atoms with Gasteiger partial charge in [-0.1, -0.05) is 26.0 Å². The largest absolute Gasteiger partial charge is 0.332 e. The number of carbonyl (C=O) groups is 2. The van der Waals surface area contributed by atoms with E-state index in [1.165, 1.54) is 4.90 Å². The molecule has 1 aliphatic heterocycles. The van der Waals surface area contributed by atoms with Crippen LogP contribution in [-0.4, -0.2) is 30.3 Å². The normalized spacial score (nSPS) is 14.3. The van der Waals surface area contributed by atoms with E-state index in [2.05, 4.69) is 5.32 Å². The van der Waals surface area contributed by atoms with Crippen LogP contribution in [0.5, 0.6) is 0 Å². The van der Waals surface area contributed by atoms with Crippen LogP contribution >= 0.6 is 0 Å². The van der Waals surface area contributed by atoms with E-state index in [4.69, 9.17) is 0 Å². The fraction of sp³-hybridized carbons (Fsp3) is 0.333. The average Bonchev–Trinajstić information content (AvgIpc) is 2.40. The number of likely N-dealkylation sites (N-methyl/N-ethyl adjacent to an activating group) is 1. The second-order valence-electron chi connectivity index (χ2n) is 3.25. The predicted octanol–water partition coefficient (Wildman–Crippen LogP) is 1.74. The Morgan fingerprint density at radius 2 is 1.81 bits per heavy atom. The van der Waals surface area contributed by atoms with Crippen molar-refractivity contribution in [2.45, 2.75) is 13.8 Å². The van der Waals surface area contributed by atoms with E-state index >= 15 is 0 Å². The van der Waals surface area contributed by atoms with Gasteiger partial charge in [0.25, 0.3) is 5.91 Å². The lowest BCUT2D eigenvalue weighted by molar-refractivity contribution is -0.116. The van der Waals surface area contributed by atoms with Crippen LogP contribution in [0.4, 0.5) is 5.69 Å². The van der Waals surface area contributed by atoms with Crippen LogP contribution in [0.3, 0.4) is 0 Å². The van der Waals surface area contributed by atoms with E-state index in [-0.39, 0.29) is 18.4 Å². The molecule has 0 saturated heterocycles. The standard InChI is InChI=1S/C10H10N2O2.C2H6/c1-12-6-9(13)11-8-5-3-2-4-7(8)10(12)14;1-2/h2-5H,6H2,1H3,(H,11,13);1-2H3. The first kappa shape index (κ1) is 12.2. The van der Waals surface area contributed by atoms with Crippen molar-refractivity contribution in [2.75, 3.05) is 18.9 Å². The van der Waals surface area contributed by atoms with E-state index < -0.39 is 0 Å². The number of nitrogens with zero attached hydrogens (tertiary/aromatic N) is 1. The van der Waals surface area contributed by atoms with E-state index in [0.717, 1.165) is 0 Å². The smallest absolute Gasteiger partial charge is 0.256 e. The summed E-state index contributed by atoms with van der Waals surface area (Å²) in [6.45, 7) is 4.10. The minimum absolute atomic E-state index is 0.105. The molecule has 0 radical (unpaired) electrons. The summed E-state index contributed by atoms with van der Waals surface area (Å²) in [6.07, 6.45) is 0. The highest BCUT2D eigenvalue weighted by Gasteiger charge is 2.22. The zero-order chi connectivity index (χ0) is 12.1. The Hall–Kier alpha value is -1.84. The molecule has 1 heterocycles. The maximum absolute atomic E-state index is 11.7. The quantitative estimate of drug-likeness (QED) is 0.724. The van der Waals surface area contributed by atoms with Crippen LogP contribution in [0.15, 0.2) is 24.3 Å². The number of para-hydroxylation sites is 1. The highest BCUT2D eigenvalue weighted by molar-refractivity contribution is 6.08. The third-order valence-electron chi connectivity index (χ3n) is 2.16. The van der Waals surface area contributed by atoms with Gasteiger partial charge in [0.2, 0.25) is 5.91 Å². The van der Waals surface area contributed by atoms with Crippen LogP contribution in [-0.2, 0) is 4.79 Å². The number of carbonyl (C=O) groups excluding carboxylic acids is 2. The van der Waals surface area contributed by atoms with Crippen molar-refractivity contribution in [1.82, 2.24) is 4.90 Å². The summed E-state index contributed by atoms with van der Waals surface area (Å²) in [5, 5.41) is 2.68. The third kappa shape index (κ3) is 2.39. The molecule has 1 N–H and O–H groups in total. The lowest BCUT2D eigenvalue weighted by atomic mass is 10.1. The minimum atomic E-state index is -0.161. The van der Waals surface area contributed by atoms with Crippen molar-refractivity contribution >= 4 is 17.5 Å². The third-order valence-corrected chi connectivity index (χ3v) is 2.16. The lowest BCUT2D eigenvalue weighted by Crippen LogP contribution is -2.31. The highest BCUT2D eigenvalue weighted by atomic mass is 16.2. The first-order valence-corrected chi connectivity index (χ1v) is 5.33. The van der Waals surface area contributed by atoms with Crippen molar-refractivity contribution in [3.8, 4) is 0 Å². The van der Waals surface area contributed by atoms with Crippen molar-refractivity contribution in [3.63, 3.8) is 0 Å². The molecule has 86 valence electrons. The zero-order valence-electron chi connectivity index (χ0n) is 9.78. The molecule has 0 unspecified atom stereocenters. The first-order chi connectivity index (χ1) is 7.68. The first-order valence-electron chi connectivity index (χ1n) is 5.33. The van der Waals surface area contributed by atoms with Gasteiger partial charge in [-0.2, -0.15) is 0 Å². The summed E-state index contributed by atoms with van der Waals surface area (Å²) >= 11 is 0. The molecule has 0 spiro atoms. The molecule has 0 fully saturated rings. The second-order valence-corrected chi connectivity index (χ2v) is 3.25. The van der Waals surface area contributed by atoms with Crippen LogP contribution in [0.2, 0.25) is 0 Å². The number of benzene rings is 1. The average molecular weight is 220 g/mol. The van der Waals surface area contributed by atoms with Gasteiger partial charge in [-0.25, -0.2) is 0 Å². The van der Waals surface area contributed by atoms with Gasteiger partial charge < -0.3 is 10.2 Å². The molecule has 0 bridgehead atoms. The van der Waals surface area contributed by atoms with Gasteiger partial charge in [0.05, 0.1) is 17.8 Å². The number of nitrogens with one attached hydrogen (secondary N) is 1. The fourth-order valence-electron chi connectivity index (χ4n) is 1.46. The molecule has 4 heteroatoms. The molecule has 4 nitrogen and oxygen atoms in total. The summed E-state index contributed by atoms with van der Waals surface area (Å²) in [6, 6.07) is 7.00. The summed E-state index contributed by atoms with van der Waals surface area (Å²) in [5.41, 5.74) is 1.13. The molecule has 1 aliphatic rings. The molecular weight excluding hydrogens is 204 g/mol. The van der Waals surface area contributed by atoms with E-state index in [0.29, 0.717) is 11.3 Å². The fourth-order valence-corrected chi connectivity index (χ4v) is 1.46. The Balaban J connectivity index is 0.000000606. The molecule has 1 aromatic carbocycles. The Labute approximate surface area is 95.3 Å². The van der Waals surface area contributed by atoms with Gasteiger partial charge in [-0.05, 0) is 12.1 Å². The Kier molecular flexibility index (Phi) is 4.05. The SMILES string of the molecule is CC.CN1CC(=O)Nc2ccccc2C1=O. The lowest BCUT2D eigenvalue weighted by Gasteiger charge is -2.11. The van der Waals surface area contributed by atoms with Crippen LogP contribution < -0.4 is 5.32 Å². The van der Waals surface area contributed by atoms with Crippen molar-refractivity contribution in [2.24, 2.45) is 0 Å². The maximum Gasteiger partial charge on any atom is 0.256 e. The molecule has 0 aromatic heterocycles. The van der Waals surface area contributed by atoms with Gasteiger partial charge in [-0.3, -0.25) is 9.59 Å². The zero-order valence-corrected chi connectivity index (χ0v) is 9.78. The number of anilines is 1. The molecule has 1 aromatic rings. The van der Waals surface area contributed by atoms with Gasteiger partial charge in [-0.15, -0.1) is 0 Å². The van der Waals surface area contributed by atoms with Crippen molar-refractivity contribution in [3.05, 3.63) is 29.8 Å². The van der Waals surface area contributed by atoms with E-state index in [9.17, 15) is 9.59 Å². The number of hydrogen-bond acceptors (Lipinski definition) is 2. The van der Waals surface area contributed by atoms with E-state index in [1.54, 1.807) is 31.3 Å². The number of amides is 2. The van der Waals surface area contributed by atoms with Gasteiger partial charge >= 0.3 is 0 Å². The molecule has 0 saturated carbocycles. The van der Waals surface area contributed by atoms with Crippen LogP contribution in [0.1, 0.15) is 24.2 Å². The summed E-state index contributed by atoms with van der Waals surface area (Å²) in [7, 11) is 1.62. The summed E-state index contributed by atoms with van der Waals surface area (Å²) in [5.74, 6) is -0.287. The second kappa shape index (κ2) is 5.30. The number of rotatable bonds is 0. The molecule has 0 aliphatic carbocycles. The molecular formula is C12H16N2O2. The molecule has 2 rings (SSSR count). The Morgan fingerprint density at radius 3 is 2.50 bits per heavy atom. The van der Waals surface area contributed by atoms with Gasteiger partial charge in [0.1, 0.15) is 0 Å². The highest BCUT2D eigenvalue weighted by Crippen LogP contribution is 2.19. The summed E-state index contributed by atoms with van der Waals surface area (Å²) < 4.78 is 0. The molecule has 0 atom stereocenters. The number of fused-ring (bicyclic) bond motifs is 1. The van der Waals surface area contributed by atoms with E-state index in [1.807, 2.05) is 13.8 Å². The van der Waals surface area contributed by atoms with Crippen LogP contribution in [0, 0.1) is 0 Å². The molecule has 2 amide bonds. The Bertz CT molecular complexity index is 402. The predicted molar refractivity (Wildman–Crippen MR) is 63.4 cm³/mol. The topological polar surface area (TPSA) is 49.4 Å². The van der Waals surface area contributed by atoms with Crippen LogP contribution in [0.25, 0.3) is 0 Å². The minimum Gasteiger partial charge on any atom is -0.332 e. The van der Waals surface area contributed by atoms with Gasteiger partial charge in [0.15, 0.2) is 0 Å². The summed E-state index contributed by atoms with van der Waals surface area (Å²) in [4.78, 5) is 24.4.